The topological polar surface area (TPSA) is 24.9 Å². The maximum Gasteiger partial charge on any atom is 0.0312 e. The summed E-state index contributed by atoms with van der Waals surface area (Å²) < 4.78 is 0. The number of alkyl halides is 1. The highest BCUT2D eigenvalue weighted by molar-refractivity contribution is 6.17. The number of hydrogen-bond donors (Lipinski definition) is 1. The Balaban J connectivity index is 2.20. The summed E-state index contributed by atoms with van der Waals surface area (Å²) in [5.41, 5.74) is 1.23. The molecular formula is C11H17ClN2. The van der Waals surface area contributed by atoms with Crippen LogP contribution in [0.5, 0.6) is 0 Å². The third kappa shape index (κ3) is 4.58. The molecule has 14 heavy (non-hydrogen) atoms. The Morgan fingerprint density at radius 2 is 2.43 bits per heavy atom. The van der Waals surface area contributed by atoms with Gasteiger partial charge in [0.05, 0.1) is 0 Å². The van der Waals surface area contributed by atoms with Crippen LogP contribution in [0.1, 0.15) is 25.3 Å². The van der Waals surface area contributed by atoms with Crippen molar-refractivity contribution in [3.8, 4) is 0 Å². The van der Waals surface area contributed by atoms with Crippen LogP contribution in [-0.2, 0) is 6.54 Å². The van der Waals surface area contributed by atoms with Gasteiger partial charge in [-0.3, -0.25) is 4.98 Å². The molecule has 0 aliphatic carbocycles. The van der Waals surface area contributed by atoms with Gasteiger partial charge in [0.15, 0.2) is 0 Å². The Kier molecular flexibility index (Phi) is 5.57. The van der Waals surface area contributed by atoms with Crippen molar-refractivity contribution in [1.82, 2.24) is 10.3 Å². The number of hydrogen-bond acceptors (Lipinski definition) is 2. The molecule has 0 aliphatic rings. The maximum atomic E-state index is 5.62. The van der Waals surface area contributed by atoms with E-state index in [1.165, 1.54) is 5.56 Å². The zero-order valence-corrected chi connectivity index (χ0v) is 9.30. The highest BCUT2D eigenvalue weighted by Gasteiger charge is 2.00. The first-order chi connectivity index (χ1) is 6.83. The van der Waals surface area contributed by atoms with E-state index >= 15 is 0 Å². The maximum absolute atomic E-state index is 5.62. The van der Waals surface area contributed by atoms with Crippen LogP contribution < -0.4 is 5.32 Å². The van der Waals surface area contributed by atoms with Crippen molar-refractivity contribution in [1.29, 1.82) is 0 Å². The summed E-state index contributed by atoms with van der Waals surface area (Å²) in [6.45, 7) is 3.07. The fourth-order valence-corrected chi connectivity index (χ4v) is 1.43. The molecule has 1 rings (SSSR count). The predicted octanol–water partition coefficient (Wildman–Crippen LogP) is 2.58. The van der Waals surface area contributed by atoms with Crippen LogP contribution in [0, 0.1) is 0 Å². The van der Waals surface area contributed by atoms with Gasteiger partial charge >= 0.3 is 0 Å². The third-order valence-electron chi connectivity index (χ3n) is 2.15. The number of pyridine rings is 1. The summed E-state index contributed by atoms with van der Waals surface area (Å²) in [6, 6.07) is 4.56. The summed E-state index contributed by atoms with van der Waals surface area (Å²) in [7, 11) is 0. The fourth-order valence-electron chi connectivity index (χ4n) is 1.28. The molecule has 3 heteroatoms. The number of aromatic nitrogens is 1. The number of halogens is 1. The molecule has 78 valence electrons. The molecular weight excluding hydrogens is 196 g/mol. The van der Waals surface area contributed by atoms with E-state index in [4.69, 9.17) is 11.6 Å². The molecule has 2 nitrogen and oxygen atoms in total. The van der Waals surface area contributed by atoms with Gasteiger partial charge in [0, 0.05) is 30.9 Å². The highest BCUT2D eigenvalue weighted by Crippen LogP contribution is 2.00. The monoisotopic (exact) mass is 212 g/mol. The number of rotatable bonds is 6. The Bertz CT molecular complexity index is 238. The minimum Gasteiger partial charge on any atom is -0.310 e. The van der Waals surface area contributed by atoms with Crippen molar-refractivity contribution in [2.75, 3.05) is 5.88 Å². The summed E-state index contributed by atoms with van der Waals surface area (Å²) in [5.74, 6) is 0.749. The largest absolute Gasteiger partial charge is 0.310 e. The van der Waals surface area contributed by atoms with E-state index in [2.05, 4.69) is 23.3 Å². The number of nitrogens with one attached hydrogen (secondary N) is 1. The lowest BCUT2D eigenvalue weighted by Crippen LogP contribution is -2.25. The normalized spacial score (nSPS) is 12.7. The smallest absolute Gasteiger partial charge is 0.0312 e. The fraction of sp³-hybridized carbons (Fsp3) is 0.545. The Labute approximate surface area is 90.7 Å². The Morgan fingerprint density at radius 1 is 1.57 bits per heavy atom. The average molecular weight is 213 g/mol. The SMILES string of the molecule is CC(CCCCl)NCc1cccnc1. The van der Waals surface area contributed by atoms with Gasteiger partial charge in [-0.05, 0) is 31.4 Å². The molecule has 1 unspecified atom stereocenters. The molecule has 0 aliphatic heterocycles. The van der Waals surface area contributed by atoms with E-state index in [0.29, 0.717) is 6.04 Å². The summed E-state index contributed by atoms with van der Waals surface area (Å²) >= 11 is 5.62. The molecule has 0 saturated carbocycles. The molecule has 0 bridgehead atoms. The van der Waals surface area contributed by atoms with Crippen molar-refractivity contribution in [2.24, 2.45) is 0 Å². The van der Waals surface area contributed by atoms with Gasteiger partial charge in [0.25, 0.3) is 0 Å². The van der Waals surface area contributed by atoms with Crippen molar-refractivity contribution >= 4 is 11.6 Å². The van der Waals surface area contributed by atoms with Crippen LogP contribution in [-0.4, -0.2) is 16.9 Å². The second-order valence-corrected chi connectivity index (χ2v) is 3.85. The van der Waals surface area contributed by atoms with Crippen molar-refractivity contribution in [3.63, 3.8) is 0 Å². The lowest BCUT2D eigenvalue weighted by Gasteiger charge is -2.12. The van der Waals surface area contributed by atoms with Gasteiger partial charge < -0.3 is 5.32 Å². The molecule has 1 atom stereocenters. The molecule has 0 spiro atoms. The predicted molar refractivity (Wildman–Crippen MR) is 60.5 cm³/mol. The quantitative estimate of drug-likeness (QED) is 0.734. The molecule has 0 amide bonds. The zero-order valence-electron chi connectivity index (χ0n) is 8.54. The lowest BCUT2D eigenvalue weighted by atomic mass is 10.2. The van der Waals surface area contributed by atoms with Crippen molar-refractivity contribution < 1.29 is 0 Å². The van der Waals surface area contributed by atoms with Crippen LogP contribution in [0.3, 0.4) is 0 Å². The Hall–Kier alpha value is -0.600. The first-order valence-electron chi connectivity index (χ1n) is 5.01. The second-order valence-electron chi connectivity index (χ2n) is 3.47. The van der Waals surface area contributed by atoms with E-state index in [0.717, 1.165) is 25.3 Å². The first kappa shape index (κ1) is 11.5. The van der Waals surface area contributed by atoms with Crippen LogP contribution in [0.4, 0.5) is 0 Å². The van der Waals surface area contributed by atoms with E-state index in [9.17, 15) is 0 Å². The van der Waals surface area contributed by atoms with Crippen LogP contribution >= 0.6 is 11.6 Å². The average Bonchev–Trinajstić information content (AvgIpc) is 2.25. The minimum atomic E-state index is 0.522. The van der Waals surface area contributed by atoms with E-state index in [1.54, 1.807) is 6.20 Å². The Morgan fingerprint density at radius 3 is 3.07 bits per heavy atom. The van der Waals surface area contributed by atoms with Gasteiger partial charge in [-0.2, -0.15) is 0 Å². The first-order valence-corrected chi connectivity index (χ1v) is 5.54. The van der Waals surface area contributed by atoms with Gasteiger partial charge in [-0.15, -0.1) is 11.6 Å². The van der Waals surface area contributed by atoms with Crippen molar-refractivity contribution in [3.05, 3.63) is 30.1 Å². The zero-order chi connectivity index (χ0) is 10.2. The molecule has 0 fully saturated rings. The van der Waals surface area contributed by atoms with Crippen LogP contribution in [0.15, 0.2) is 24.5 Å². The van der Waals surface area contributed by atoms with Gasteiger partial charge in [-0.25, -0.2) is 0 Å². The number of nitrogens with zero attached hydrogens (tertiary/aromatic N) is 1. The molecule has 1 N–H and O–H groups in total. The summed E-state index contributed by atoms with van der Waals surface area (Å²) in [5, 5.41) is 3.44. The van der Waals surface area contributed by atoms with E-state index in [-0.39, 0.29) is 0 Å². The van der Waals surface area contributed by atoms with E-state index in [1.807, 2.05) is 12.3 Å². The summed E-state index contributed by atoms with van der Waals surface area (Å²) in [6.07, 6.45) is 5.88. The molecule has 0 saturated heterocycles. The van der Waals surface area contributed by atoms with Gasteiger partial charge in [0.2, 0.25) is 0 Å². The lowest BCUT2D eigenvalue weighted by molar-refractivity contribution is 0.509. The summed E-state index contributed by atoms with van der Waals surface area (Å²) in [4.78, 5) is 4.06. The molecule has 1 aromatic heterocycles. The van der Waals surface area contributed by atoms with Crippen LogP contribution in [0.25, 0.3) is 0 Å². The van der Waals surface area contributed by atoms with Gasteiger partial charge in [-0.1, -0.05) is 6.07 Å². The molecule has 0 aromatic carbocycles. The van der Waals surface area contributed by atoms with Crippen LogP contribution in [0.2, 0.25) is 0 Å². The van der Waals surface area contributed by atoms with Gasteiger partial charge in [0.1, 0.15) is 0 Å². The van der Waals surface area contributed by atoms with Crippen molar-refractivity contribution in [2.45, 2.75) is 32.4 Å². The van der Waals surface area contributed by atoms with E-state index < -0.39 is 0 Å². The molecule has 0 radical (unpaired) electrons. The standard InChI is InChI=1S/C11H17ClN2/c1-10(4-2-6-12)14-9-11-5-3-7-13-8-11/h3,5,7-8,10,14H,2,4,6,9H2,1H3. The molecule has 1 aromatic rings. The highest BCUT2D eigenvalue weighted by atomic mass is 35.5. The molecule has 1 heterocycles. The minimum absolute atomic E-state index is 0.522. The third-order valence-corrected chi connectivity index (χ3v) is 2.42. The second kappa shape index (κ2) is 6.80.